The Morgan fingerprint density at radius 1 is 0.900 bits per heavy atom. The van der Waals surface area contributed by atoms with Crippen molar-refractivity contribution in [2.45, 2.75) is 93.3 Å². The number of piperidine rings is 1. The van der Waals surface area contributed by atoms with Crippen LogP contribution in [0.15, 0.2) is 35.5 Å². The first-order valence-corrected chi connectivity index (χ1v) is 15.9. The molecule has 2 saturated carbocycles. The quantitative estimate of drug-likeness (QED) is 0.390. The maximum Gasteiger partial charge on any atom is 0.243 e. The maximum absolute atomic E-state index is 13.2. The van der Waals surface area contributed by atoms with Gasteiger partial charge in [-0.15, -0.1) is 0 Å². The van der Waals surface area contributed by atoms with Crippen molar-refractivity contribution < 1.29 is 8.42 Å². The highest BCUT2D eigenvalue weighted by Crippen LogP contribution is 2.34. The summed E-state index contributed by atoms with van der Waals surface area (Å²) in [5.74, 6) is 1.31. The number of aromatic nitrogens is 4. The second kappa shape index (κ2) is 11.3. The smallest absolute Gasteiger partial charge is 0.243 e. The zero-order valence-electron chi connectivity index (χ0n) is 22.7. The molecule has 0 spiro atoms. The van der Waals surface area contributed by atoms with E-state index in [0.29, 0.717) is 55.3 Å². The Morgan fingerprint density at radius 3 is 2.25 bits per heavy atom. The molecule has 1 aromatic carbocycles. The fraction of sp³-hybridized carbons (Fsp3) is 0.571. The van der Waals surface area contributed by atoms with E-state index < -0.39 is 10.0 Å². The van der Waals surface area contributed by atoms with Gasteiger partial charge >= 0.3 is 0 Å². The van der Waals surface area contributed by atoms with Gasteiger partial charge in [-0.1, -0.05) is 12.8 Å². The summed E-state index contributed by atoms with van der Waals surface area (Å²) in [6, 6.07) is 9.15. The van der Waals surface area contributed by atoms with E-state index in [1.54, 1.807) is 12.1 Å². The van der Waals surface area contributed by atoms with Gasteiger partial charge in [0.05, 0.1) is 22.9 Å². The Balaban J connectivity index is 1.20. The number of hydrogen-bond acceptors (Lipinski definition) is 9. The van der Waals surface area contributed by atoms with E-state index >= 15 is 0 Å². The Kier molecular flexibility index (Phi) is 7.61. The number of hydrogen-bond donors (Lipinski definition) is 3. The lowest BCUT2D eigenvalue weighted by molar-refractivity contribution is 0.329. The summed E-state index contributed by atoms with van der Waals surface area (Å²) < 4.78 is 30.1. The number of nitrogens with zero attached hydrogens (tertiary/aromatic N) is 6. The molecule has 1 aliphatic heterocycles. The SMILES string of the molecule is N#Cc1ccc(S(=O)(=O)N2CCC(Nc3nc(N[C@H]4CC[C@H](N)CC4)nc4c3ncn4C3CCCC3)CC2)cc1. The van der Waals surface area contributed by atoms with Crippen LogP contribution in [0.3, 0.4) is 0 Å². The van der Waals surface area contributed by atoms with Crippen molar-refractivity contribution >= 4 is 33.0 Å². The highest BCUT2D eigenvalue weighted by molar-refractivity contribution is 7.89. The van der Waals surface area contributed by atoms with Gasteiger partial charge in [-0.3, -0.25) is 0 Å². The highest BCUT2D eigenvalue weighted by Gasteiger charge is 2.31. The van der Waals surface area contributed by atoms with E-state index in [-0.39, 0.29) is 17.0 Å². The number of rotatable bonds is 7. The molecule has 212 valence electrons. The predicted octanol–water partition coefficient (Wildman–Crippen LogP) is 3.76. The molecule has 6 rings (SSSR count). The number of anilines is 2. The molecule has 3 aliphatic rings. The first-order valence-electron chi connectivity index (χ1n) is 14.4. The average Bonchev–Trinajstić information content (AvgIpc) is 3.65. The molecule has 0 radical (unpaired) electrons. The largest absolute Gasteiger partial charge is 0.365 e. The van der Waals surface area contributed by atoms with Crippen LogP contribution in [0.2, 0.25) is 0 Å². The van der Waals surface area contributed by atoms with E-state index in [2.05, 4.69) is 15.2 Å². The summed E-state index contributed by atoms with van der Waals surface area (Å²) >= 11 is 0. The summed E-state index contributed by atoms with van der Waals surface area (Å²) in [6.45, 7) is 0.802. The van der Waals surface area contributed by atoms with Crippen molar-refractivity contribution in [1.29, 1.82) is 5.26 Å². The summed E-state index contributed by atoms with van der Waals surface area (Å²) in [5, 5.41) is 16.2. The van der Waals surface area contributed by atoms with Gasteiger partial charge < -0.3 is 20.9 Å². The number of fused-ring (bicyclic) bond motifs is 1. The fourth-order valence-electron chi connectivity index (χ4n) is 6.26. The summed E-state index contributed by atoms with van der Waals surface area (Å²) in [5.41, 5.74) is 8.16. The second-order valence-corrected chi connectivity index (χ2v) is 13.3. The van der Waals surface area contributed by atoms with Crippen LogP contribution in [0.25, 0.3) is 11.2 Å². The number of nitriles is 1. The van der Waals surface area contributed by atoms with E-state index in [9.17, 15) is 8.42 Å². The molecule has 11 nitrogen and oxygen atoms in total. The minimum Gasteiger partial charge on any atom is -0.365 e. The third kappa shape index (κ3) is 5.50. The van der Waals surface area contributed by atoms with Crippen molar-refractivity contribution in [2.75, 3.05) is 23.7 Å². The number of nitrogens with two attached hydrogens (primary N) is 1. The van der Waals surface area contributed by atoms with Crippen molar-refractivity contribution in [3.8, 4) is 6.07 Å². The second-order valence-electron chi connectivity index (χ2n) is 11.4. The number of nitrogens with one attached hydrogen (secondary N) is 2. The Hall–Kier alpha value is -3.27. The maximum atomic E-state index is 13.2. The summed E-state index contributed by atoms with van der Waals surface area (Å²) in [7, 11) is -3.62. The third-order valence-corrected chi connectivity index (χ3v) is 10.6. The number of sulfonamides is 1. The molecule has 2 aromatic heterocycles. The highest BCUT2D eigenvalue weighted by atomic mass is 32.2. The van der Waals surface area contributed by atoms with Gasteiger partial charge in [0.25, 0.3) is 0 Å². The molecule has 1 saturated heterocycles. The molecule has 0 amide bonds. The van der Waals surface area contributed by atoms with E-state index in [0.717, 1.165) is 49.7 Å². The molecule has 2 aliphatic carbocycles. The molecule has 0 unspecified atom stereocenters. The Bertz CT molecular complexity index is 1480. The molecule has 3 fully saturated rings. The van der Waals surface area contributed by atoms with Crippen LogP contribution in [0, 0.1) is 11.3 Å². The van der Waals surface area contributed by atoms with Crippen LogP contribution < -0.4 is 16.4 Å². The van der Waals surface area contributed by atoms with Gasteiger partial charge in [0, 0.05) is 37.3 Å². The Labute approximate surface area is 235 Å². The summed E-state index contributed by atoms with van der Waals surface area (Å²) in [4.78, 5) is 14.8. The molecule has 3 aromatic rings. The third-order valence-electron chi connectivity index (χ3n) is 8.66. The molecule has 0 atom stereocenters. The average molecular weight is 564 g/mol. The topological polar surface area (TPSA) is 155 Å². The van der Waals surface area contributed by atoms with Gasteiger partial charge in [-0.05, 0) is 75.6 Å². The van der Waals surface area contributed by atoms with Crippen LogP contribution in [0.5, 0.6) is 0 Å². The van der Waals surface area contributed by atoms with Gasteiger partial charge in [-0.2, -0.15) is 19.5 Å². The standard InChI is InChI=1S/C28H37N9O2S/c29-17-19-5-11-24(12-6-19)40(38,39)36-15-13-22(14-16-36)32-26-25-27(37(18-31-25)23-3-1-2-4-23)35-28(34-26)33-21-9-7-20(30)8-10-21/h5-6,11-12,18,20-23H,1-4,7-10,13-16,30H2,(H2,32,33,34,35)/t20-,21-. The molecular weight excluding hydrogens is 526 g/mol. The molecule has 4 N–H and O–H groups in total. The summed E-state index contributed by atoms with van der Waals surface area (Å²) in [6.07, 6.45) is 11.9. The van der Waals surface area contributed by atoms with E-state index in [1.807, 2.05) is 12.4 Å². The van der Waals surface area contributed by atoms with Crippen LogP contribution in [-0.2, 0) is 10.0 Å². The van der Waals surface area contributed by atoms with E-state index in [4.69, 9.17) is 25.9 Å². The molecule has 40 heavy (non-hydrogen) atoms. The molecule has 3 heterocycles. The zero-order valence-corrected chi connectivity index (χ0v) is 23.5. The normalized spacial score (nSPS) is 23.3. The van der Waals surface area contributed by atoms with Crippen molar-refractivity contribution in [1.82, 2.24) is 23.8 Å². The van der Waals surface area contributed by atoms with Gasteiger partial charge in [0.1, 0.15) is 0 Å². The van der Waals surface area contributed by atoms with E-state index in [1.165, 1.54) is 29.3 Å². The lowest BCUT2D eigenvalue weighted by Gasteiger charge is -2.32. The van der Waals surface area contributed by atoms with Gasteiger partial charge in [0.15, 0.2) is 17.0 Å². The Morgan fingerprint density at radius 2 is 1.57 bits per heavy atom. The molecule has 0 bridgehead atoms. The van der Waals surface area contributed by atoms with Crippen LogP contribution >= 0.6 is 0 Å². The van der Waals surface area contributed by atoms with Gasteiger partial charge in [0.2, 0.25) is 16.0 Å². The minimum absolute atomic E-state index is 0.0580. The first-order chi connectivity index (χ1) is 19.4. The van der Waals surface area contributed by atoms with Crippen LogP contribution in [0.1, 0.15) is 75.8 Å². The van der Waals surface area contributed by atoms with Crippen molar-refractivity contribution in [2.24, 2.45) is 5.73 Å². The number of benzene rings is 1. The van der Waals surface area contributed by atoms with Crippen LogP contribution in [-0.4, -0.2) is 63.5 Å². The van der Waals surface area contributed by atoms with Crippen molar-refractivity contribution in [3.63, 3.8) is 0 Å². The first kappa shape index (κ1) is 26.9. The van der Waals surface area contributed by atoms with Crippen molar-refractivity contribution in [3.05, 3.63) is 36.2 Å². The minimum atomic E-state index is -3.62. The fourth-order valence-corrected chi connectivity index (χ4v) is 7.73. The number of imidazole rings is 1. The molecule has 12 heteroatoms. The lowest BCUT2D eigenvalue weighted by Crippen LogP contribution is -2.42. The monoisotopic (exact) mass is 563 g/mol. The molecular formula is C28H37N9O2S. The van der Waals surface area contributed by atoms with Crippen LogP contribution in [0.4, 0.5) is 11.8 Å². The lowest BCUT2D eigenvalue weighted by atomic mass is 9.92. The predicted molar refractivity (Wildman–Crippen MR) is 153 cm³/mol. The van der Waals surface area contributed by atoms with Gasteiger partial charge in [-0.25, -0.2) is 13.4 Å². The zero-order chi connectivity index (χ0) is 27.7.